The van der Waals surface area contributed by atoms with Crippen molar-refractivity contribution in [3.63, 3.8) is 0 Å². The number of methoxy groups -OCH3 is 1. The number of aromatic nitrogens is 2. The Morgan fingerprint density at radius 3 is 3.13 bits per heavy atom. The van der Waals surface area contributed by atoms with Crippen LogP contribution in [-0.4, -0.2) is 30.2 Å². The number of nitrogens with one attached hydrogen (secondary N) is 2. The Labute approximate surface area is 87.6 Å². The molecule has 1 aromatic heterocycles. The van der Waals surface area contributed by atoms with Gasteiger partial charge in [0.15, 0.2) is 0 Å². The minimum atomic E-state index is 0.645. The summed E-state index contributed by atoms with van der Waals surface area (Å²) in [5.41, 5.74) is 8.22. The molecule has 5 nitrogen and oxygen atoms in total. The van der Waals surface area contributed by atoms with E-state index in [0.717, 1.165) is 23.5 Å². The molecule has 2 rings (SSSR count). The van der Waals surface area contributed by atoms with Crippen molar-refractivity contribution in [2.24, 2.45) is 0 Å². The van der Waals surface area contributed by atoms with E-state index in [-0.39, 0.29) is 0 Å². The molecule has 0 saturated carbocycles. The highest BCUT2D eigenvalue weighted by Gasteiger charge is 2.03. The summed E-state index contributed by atoms with van der Waals surface area (Å²) in [6, 6.07) is 5.68. The largest absolute Gasteiger partial charge is 0.397 e. The van der Waals surface area contributed by atoms with E-state index in [1.807, 2.05) is 18.2 Å². The second-order valence-electron chi connectivity index (χ2n) is 3.25. The van der Waals surface area contributed by atoms with Gasteiger partial charge in [0.1, 0.15) is 5.52 Å². The number of benzene rings is 1. The highest BCUT2D eigenvalue weighted by molar-refractivity contribution is 5.88. The molecule has 0 unspecified atom stereocenters. The fraction of sp³-hybridized carbons (Fsp3) is 0.300. The fourth-order valence-corrected chi connectivity index (χ4v) is 1.41. The van der Waals surface area contributed by atoms with E-state index in [9.17, 15) is 0 Å². The molecule has 5 heteroatoms. The molecule has 0 spiro atoms. The summed E-state index contributed by atoms with van der Waals surface area (Å²) in [6.07, 6.45) is 0. The van der Waals surface area contributed by atoms with Crippen molar-refractivity contribution in [1.29, 1.82) is 0 Å². The Balaban J connectivity index is 2.20. The van der Waals surface area contributed by atoms with Crippen molar-refractivity contribution in [3.05, 3.63) is 18.2 Å². The van der Waals surface area contributed by atoms with E-state index in [1.165, 1.54) is 0 Å². The zero-order valence-corrected chi connectivity index (χ0v) is 8.58. The van der Waals surface area contributed by atoms with Gasteiger partial charge >= 0.3 is 0 Å². The smallest absolute Gasteiger partial charge is 0.201 e. The summed E-state index contributed by atoms with van der Waals surface area (Å²) >= 11 is 0. The number of imidazole rings is 1. The number of rotatable bonds is 4. The summed E-state index contributed by atoms with van der Waals surface area (Å²) in [7, 11) is 1.66. The number of nitrogens with two attached hydrogens (primary N) is 1. The lowest BCUT2D eigenvalue weighted by Crippen LogP contribution is -2.08. The number of nitrogen functional groups attached to an aromatic ring is 1. The van der Waals surface area contributed by atoms with Crippen molar-refractivity contribution in [2.75, 3.05) is 31.3 Å². The van der Waals surface area contributed by atoms with Crippen LogP contribution in [0.2, 0.25) is 0 Å². The minimum Gasteiger partial charge on any atom is -0.397 e. The van der Waals surface area contributed by atoms with Crippen molar-refractivity contribution >= 4 is 22.7 Å². The maximum atomic E-state index is 5.79. The lowest BCUT2D eigenvalue weighted by Gasteiger charge is -1.99. The summed E-state index contributed by atoms with van der Waals surface area (Å²) < 4.78 is 4.93. The number of hydrogen-bond donors (Lipinski definition) is 3. The monoisotopic (exact) mass is 206 g/mol. The average Bonchev–Trinajstić information content (AvgIpc) is 2.63. The van der Waals surface area contributed by atoms with Crippen molar-refractivity contribution in [3.8, 4) is 0 Å². The van der Waals surface area contributed by atoms with E-state index in [0.29, 0.717) is 12.3 Å². The molecular weight excluding hydrogens is 192 g/mol. The average molecular weight is 206 g/mol. The highest BCUT2D eigenvalue weighted by atomic mass is 16.5. The number of anilines is 2. The SMILES string of the molecule is COCCNc1nc2c(N)cccc2[nH]1. The number of hydrogen-bond acceptors (Lipinski definition) is 4. The van der Waals surface area contributed by atoms with Gasteiger partial charge < -0.3 is 20.8 Å². The lowest BCUT2D eigenvalue weighted by atomic mass is 10.3. The fourth-order valence-electron chi connectivity index (χ4n) is 1.41. The van der Waals surface area contributed by atoms with Crippen LogP contribution >= 0.6 is 0 Å². The predicted octanol–water partition coefficient (Wildman–Crippen LogP) is 1.20. The summed E-state index contributed by atoms with van der Waals surface area (Å²) in [6.45, 7) is 1.36. The molecule has 2 aromatic rings. The first-order valence-electron chi connectivity index (χ1n) is 4.78. The van der Waals surface area contributed by atoms with E-state index in [4.69, 9.17) is 10.5 Å². The van der Waals surface area contributed by atoms with Gasteiger partial charge in [0.2, 0.25) is 5.95 Å². The van der Waals surface area contributed by atoms with Gasteiger partial charge in [-0.2, -0.15) is 0 Å². The van der Waals surface area contributed by atoms with Crippen LogP contribution in [0.3, 0.4) is 0 Å². The van der Waals surface area contributed by atoms with Crippen LogP contribution in [0.25, 0.3) is 11.0 Å². The Bertz CT molecular complexity index is 452. The quantitative estimate of drug-likeness (QED) is 0.519. The standard InChI is InChI=1S/C10H14N4O/c1-15-6-5-12-10-13-8-4-2-3-7(11)9(8)14-10/h2-4H,5-6,11H2,1H3,(H2,12,13,14). The van der Waals surface area contributed by atoms with Crippen molar-refractivity contribution in [1.82, 2.24) is 9.97 Å². The van der Waals surface area contributed by atoms with Gasteiger partial charge in [-0.05, 0) is 12.1 Å². The molecule has 0 fully saturated rings. The maximum Gasteiger partial charge on any atom is 0.201 e. The molecule has 0 saturated heterocycles. The lowest BCUT2D eigenvalue weighted by molar-refractivity contribution is 0.210. The van der Waals surface area contributed by atoms with Gasteiger partial charge in [0.05, 0.1) is 17.8 Å². The van der Waals surface area contributed by atoms with Crippen LogP contribution in [0.15, 0.2) is 18.2 Å². The molecule has 0 atom stereocenters. The topological polar surface area (TPSA) is 76.0 Å². The van der Waals surface area contributed by atoms with Gasteiger partial charge in [-0.3, -0.25) is 0 Å². The van der Waals surface area contributed by atoms with Gasteiger partial charge in [0.25, 0.3) is 0 Å². The second-order valence-corrected chi connectivity index (χ2v) is 3.25. The molecule has 15 heavy (non-hydrogen) atoms. The summed E-state index contributed by atoms with van der Waals surface area (Å²) in [5.74, 6) is 0.722. The molecule has 4 N–H and O–H groups in total. The molecular formula is C10H14N4O. The molecule has 0 bridgehead atoms. The Hall–Kier alpha value is -1.75. The van der Waals surface area contributed by atoms with Gasteiger partial charge in [0, 0.05) is 13.7 Å². The van der Waals surface area contributed by atoms with E-state index < -0.39 is 0 Å². The zero-order valence-electron chi connectivity index (χ0n) is 8.58. The highest BCUT2D eigenvalue weighted by Crippen LogP contribution is 2.19. The second kappa shape index (κ2) is 4.18. The van der Waals surface area contributed by atoms with Crippen LogP contribution in [0.1, 0.15) is 0 Å². The Morgan fingerprint density at radius 1 is 1.53 bits per heavy atom. The molecule has 1 heterocycles. The molecule has 0 amide bonds. The first kappa shape index (κ1) is 9.79. The third kappa shape index (κ3) is 2.02. The number of nitrogens with zero attached hydrogens (tertiary/aromatic N) is 1. The predicted molar refractivity (Wildman–Crippen MR) is 60.9 cm³/mol. The molecule has 1 aromatic carbocycles. The summed E-state index contributed by atoms with van der Waals surface area (Å²) in [4.78, 5) is 7.47. The third-order valence-electron chi connectivity index (χ3n) is 2.14. The first-order chi connectivity index (χ1) is 7.31. The van der Waals surface area contributed by atoms with E-state index in [2.05, 4.69) is 15.3 Å². The number of ether oxygens (including phenoxy) is 1. The molecule has 0 aliphatic rings. The van der Waals surface area contributed by atoms with Gasteiger partial charge in [-0.1, -0.05) is 6.07 Å². The van der Waals surface area contributed by atoms with Crippen LogP contribution in [-0.2, 0) is 4.74 Å². The Morgan fingerprint density at radius 2 is 2.40 bits per heavy atom. The molecule has 0 aliphatic carbocycles. The van der Waals surface area contributed by atoms with Crippen LogP contribution in [0.5, 0.6) is 0 Å². The normalized spacial score (nSPS) is 10.7. The van der Waals surface area contributed by atoms with Crippen LogP contribution in [0.4, 0.5) is 11.6 Å². The van der Waals surface area contributed by atoms with Crippen LogP contribution in [0, 0.1) is 0 Å². The number of aromatic amines is 1. The zero-order chi connectivity index (χ0) is 10.7. The maximum absolute atomic E-state index is 5.79. The first-order valence-corrected chi connectivity index (χ1v) is 4.78. The van der Waals surface area contributed by atoms with E-state index >= 15 is 0 Å². The van der Waals surface area contributed by atoms with E-state index in [1.54, 1.807) is 7.11 Å². The number of para-hydroxylation sites is 1. The third-order valence-corrected chi connectivity index (χ3v) is 2.14. The summed E-state index contributed by atoms with van der Waals surface area (Å²) in [5, 5.41) is 3.12. The van der Waals surface area contributed by atoms with Crippen molar-refractivity contribution in [2.45, 2.75) is 0 Å². The minimum absolute atomic E-state index is 0.645. The van der Waals surface area contributed by atoms with Crippen molar-refractivity contribution < 1.29 is 4.74 Å². The molecule has 0 aliphatic heterocycles. The Kier molecular flexibility index (Phi) is 2.73. The number of fused-ring (bicyclic) bond motifs is 1. The molecule has 80 valence electrons. The van der Waals surface area contributed by atoms with Gasteiger partial charge in [-0.15, -0.1) is 0 Å². The molecule has 0 radical (unpaired) electrons. The number of H-pyrrole nitrogens is 1. The van der Waals surface area contributed by atoms with Crippen LogP contribution < -0.4 is 11.1 Å². The van der Waals surface area contributed by atoms with Gasteiger partial charge in [-0.25, -0.2) is 4.98 Å².